The van der Waals surface area contributed by atoms with Gasteiger partial charge in [0.05, 0.1) is 5.52 Å². The van der Waals surface area contributed by atoms with E-state index < -0.39 is 0 Å². The van der Waals surface area contributed by atoms with Crippen LogP contribution in [0.15, 0.2) is 18.2 Å². The number of aromatic nitrogens is 1. The topological polar surface area (TPSA) is 24.9 Å². The highest BCUT2D eigenvalue weighted by molar-refractivity contribution is 5.94. The largest absolute Gasteiger partial charge is 0.385 e. The van der Waals surface area contributed by atoms with Crippen LogP contribution in [0.4, 0.5) is 10.1 Å². The number of hydrogen-bond acceptors (Lipinski definition) is 2. The van der Waals surface area contributed by atoms with E-state index in [1.165, 1.54) is 25.7 Å². The fraction of sp³-hybridized carbons (Fsp3) is 0.471. The summed E-state index contributed by atoms with van der Waals surface area (Å²) < 4.78 is 13.7. The molecule has 1 N–H and O–H groups in total. The number of aryl methyl sites for hydroxylation is 1. The molecule has 0 atom stereocenters. The maximum atomic E-state index is 13.7. The fourth-order valence-electron chi connectivity index (χ4n) is 3.32. The molecule has 1 fully saturated rings. The van der Waals surface area contributed by atoms with Gasteiger partial charge >= 0.3 is 0 Å². The zero-order chi connectivity index (χ0) is 14.1. The fourth-order valence-corrected chi connectivity index (χ4v) is 3.32. The van der Waals surface area contributed by atoms with Crippen molar-refractivity contribution in [2.24, 2.45) is 0 Å². The Bertz CT molecular complexity index is 630. The van der Waals surface area contributed by atoms with Crippen molar-refractivity contribution in [2.45, 2.75) is 45.4 Å². The smallest absolute Gasteiger partial charge is 0.125 e. The van der Waals surface area contributed by atoms with E-state index in [-0.39, 0.29) is 5.82 Å². The van der Waals surface area contributed by atoms with Crippen molar-refractivity contribution in [3.63, 3.8) is 0 Å². The number of nitrogens with zero attached hydrogens (tertiary/aromatic N) is 1. The van der Waals surface area contributed by atoms with E-state index in [1.807, 2.05) is 6.92 Å². The van der Waals surface area contributed by atoms with Crippen LogP contribution in [0.1, 0.15) is 49.8 Å². The van der Waals surface area contributed by atoms with E-state index >= 15 is 0 Å². The highest BCUT2D eigenvalue weighted by Gasteiger charge is 2.20. The molecule has 3 heteroatoms. The van der Waals surface area contributed by atoms with Crippen molar-refractivity contribution in [1.29, 1.82) is 0 Å². The average molecular weight is 272 g/mol. The normalized spacial score (nSPS) is 15.9. The second-order valence-electron chi connectivity index (χ2n) is 5.72. The van der Waals surface area contributed by atoms with Crippen molar-refractivity contribution >= 4 is 16.6 Å². The summed E-state index contributed by atoms with van der Waals surface area (Å²) in [6, 6.07) is 5.31. The molecule has 1 aromatic heterocycles. The Morgan fingerprint density at radius 3 is 2.70 bits per heavy atom. The van der Waals surface area contributed by atoms with Gasteiger partial charge in [0.2, 0.25) is 0 Å². The first-order valence-electron chi connectivity index (χ1n) is 7.53. The molecule has 1 aliphatic carbocycles. The van der Waals surface area contributed by atoms with Gasteiger partial charge in [-0.3, -0.25) is 4.98 Å². The van der Waals surface area contributed by atoms with Gasteiger partial charge in [-0.05, 0) is 44.4 Å². The Balaban J connectivity index is 2.19. The molecule has 1 aromatic carbocycles. The van der Waals surface area contributed by atoms with Crippen LogP contribution in [-0.2, 0) is 0 Å². The lowest BCUT2D eigenvalue weighted by Gasteiger charge is -2.15. The summed E-state index contributed by atoms with van der Waals surface area (Å²) >= 11 is 0. The van der Waals surface area contributed by atoms with Gasteiger partial charge in [0, 0.05) is 35.3 Å². The Labute approximate surface area is 119 Å². The van der Waals surface area contributed by atoms with E-state index in [9.17, 15) is 4.39 Å². The second-order valence-corrected chi connectivity index (χ2v) is 5.72. The molecule has 0 unspecified atom stereocenters. The third kappa shape index (κ3) is 2.37. The van der Waals surface area contributed by atoms with Gasteiger partial charge < -0.3 is 5.32 Å². The summed E-state index contributed by atoms with van der Waals surface area (Å²) in [6.45, 7) is 4.89. The summed E-state index contributed by atoms with van der Waals surface area (Å²) in [4.78, 5) is 4.74. The summed E-state index contributed by atoms with van der Waals surface area (Å²) in [5.74, 6) is 0.342. The van der Waals surface area contributed by atoms with Gasteiger partial charge in [-0.2, -0.15) is 0 Å². The molecule has 2 aromatic rings. The standard InChI is InChI=1S/C17H21FN2/c1-3-19-15-10-14(12-6-4-5-7-12)20-16-9-13(18)8-11(2)17(15)16/h8-10,12H,3-7H2,1-2H3,(H,19,20). The predicted molar refractivity (Wildman–Crippen MR) is 81.8 cm³/mol. The Hall–Kier alpha value is -1.64. The summed E-state index contributed by atoms with van der Waals surface area (Å²) in [5.41, 5.74) is 3.94. The van der Waals surface area contributed by atoms with Crippen LogP contribution in [0.3, 0.4) is 0 Å². The molecule has 0 aliphatic heterocycles. The number of benzene rings is 1. The molecule has 0 saturated heterocycles. The van der Waals surface area contributed by atoms with Gasteiger partial charge in [-0.15, -0.1) is 0 Å². The van der Waals surface area contributed by atoms with Crippen molar-refractivity contribution in [2.75, 3.05) is 11.9 Å². The van der Waals surface area contributed by atoms with E-state index in [2.05, 4.69) is 18.3 Å². The zero-order valence-corrected chi connectivity index (χ0v) is 12.2. The Morgan fingerprint density at radius 2 is 2.00 bits per heavy atom. The zero-order valence-electron chi connectivity index (χ0n) is 12.2. The SMILES string of the molecule is CCNc1cc(C2CCCC2)nc2cc(F)cc(C)c12. The van der Waals surface area contributed by atoms with Gasteiger partial charge in [0.1, 0.15) is 5.82 Å². The molecular formula is C17H21FN2. The molecule has 0 spiro atoms. The highest BCUT2D eigenvalue weighted by Crippen LogP contribution is 2.36. The first-order chi connectivity index (χ1) is 9.69. The highest BCUT2D eigenvalue weighted by atomic mass is 19.1. The number of rotatable bonds is 3. The lowest BCUT2D eigenvalue weighted by molar-refractivity contribution is 0.628. The first-order valence-corrected chi connectivity index (χ1v) is 7.53. The molecule has 1 saturated carbocycles. The van der Waals surface area contributed by atoms with Crippen LogP contribution in [0.5, 0.6) is 0 Å². The van der Waals surface area contributed by atoms with Crippen molar-refractivity contribution in [1.82, 2.24) is 4.98 Å². The minimum absolute atomic E-state index is 0.200. The lowest BCUT2D eigenvalue weighted by Crippen LogP contribution is -2.04. The van der Waals surface area contributed by atoms with Gasteiger partial charge in [0.25, 0.3) is 0 Å². The number of halogens is 1. The van der Waals surface area contributed by atoms with Crippen molar-refractivity contribution in [3.05, 3.63) is 35.3 Å². The molecule has 0 radical (unpaired) electrons. The second kappa shape index (κ2) is 5.39. The third-order valence-corrected chi connectivity index (χ3v) is 4.23. The number of pyridine rings is 1. The predicted octanol–water partition coefficient (Wildman–Crippen LogP) is 4.77. The maximum Gasteiger partial charge on any atom is 0.125 e. The van der Waals surface area contributed by atoms with E-state index in [0.29, 0.717) is 5.92 Å². The van der Waals surface area contributed by atoms with Crippen LogP contribution in [0.25, 0.3) is 10.9 Å². The van der Waals surface area contributed by atoms with Crippen LogP contribution < -0.4 is 5.32 Å². The molecule has 106 valence electrons. The van der Waals surface area contributed by atoms with Gasteiger partial charge in [-0.25, -0.2) is 4.39 Å². The van der Waals surface area contributed by atoms with Crippen LogP contribution in [0.2, 0.25) is 0 Å². The quantitative estimate of drug-likeness (QED) is 0.870. The summed E-state index contributed by atoms with van der Waals surface area (Å²) in [5, 5.41) is 4.46. The number of hydrogen-bond donors (Lipinski definition) is 1. The third-order valence-electron chi connectivity index (χ3n) is 4.23. The van der Waals surface area contributed by atoms with Crippen LogP contribution >= 0.6 is 0 Å². The molecule has 0 bridgehead atoms. The minimum Gasteiger partial charge on any atom is -0.385 e. The molecular weight excluding hydrogens is 251 g/mol. The number of fused-ring (bicyclic) bond motifs is 1. The van der Waals surface area contributed by atoms with Crippen LogP contribution in [0, 0.1) is 12.7 Å². The molecule has 1 aliphatic rings. The maximum absolute atomic E-state index is 13.7. The molecule has 20 heavy (non-hydrogen) atoms. The number of nitrogens with one attached hydrogen (secondary N) is 1. The lowest BCUT2D eigenvalue weighted by atomic mass is 9.99. The molecule has 3 rings (SSSR count). The Morgan fingerprint density at radius 1 is 1.25 bits per heavy atom. The Kier molecular flexibility index (Phi) is 3.60. The first kappa shape index (κ1) is 13.3. The van der Waals surface area contributed by atoms with Crippen molar-refractivity contribution < 1.29 is 4.39 Å². The average Bonchev–Trinajstić information content (AvgIpc) is 2.91. The monoisotopic (exact) mass is 272 g/mol. The summed E-state index contributed by atoms with van der Waals surface area (Å²) in [7, 11) is 0. The van der Waals surface area contributed by atoms with Gasteiger partial charge in [-0.1, -0.05) is 12.8 Å². The molecule has 0 amide bonds. The van der Waals surface area contributed by atoms with Crippen LogP contribution in [-0.4, -0.2) is 11.5 Å². The van der Waals surface area contributed by atoms with Crippen molar-refractivity contribution in [3.8, 4) is 0 Å². The summed E-state index contributed by atoms with van der Waals surface area (Å²) in [6.07, 6.45) is 4.98. The van der Waals surface area contributed by atoms with E-state index in [1.54, 1.807) is 12.1 Å². The van der Waals surface area contributed by atoms with E-state index in [4.69, 9.17) is 4.98 Å². The van der Waals surface area contributed by atoms with E-state index in [0.717, 1.165) is 34.4 Å². The molecule has 1 heterocycles. The minimum atomic E-state index is -0.200. The number of anilines is 1. The van der Waals surface area contributed by atoms with Gasteiger partial charge in [0.15, 0.2) is 0 Å². The molecule has 2 nitrogen and oxygen atoms in total.